The van der Waals surface area contributed by atoms with Crippen LogP contribution in [0.3, 0.4) is 0 Å². The summed E-state index contributed by atoms with van der Waals surface area (Å²) in [5.74, 6) is 1.97. The van der Waals surface area contributed by atoms with Gasteiger partial charge in [-0.15, -0.1) is 0 Å². The smallest absolute Gasteiger partial charge is 0.337 e. The van der Waals surface area contributed by atoms with E-state index in [0.29, 0.717) is 43.6 Å². The van der Waals surface area contributed by atoms with E-state index >= 15 is 0 Å². The van der Waals surface area contributed by atoms with E-state index in [2.05, 4.69) is 9.88 Å². The molecule has 11 heteroatoms. The predicted octanol–water partition coefficient (Wildman–Crippen LogP) is 5.73. The first-order chi connectivity index (χ1) is 23.2. The van der Waals surface area contributed by atoms with Gasteiger partial charge in [-0.05, 0) is 50.1 Å². The molecule has 6 rings (SSSR count). The molecular weight excluding hydrogens is 600 g/mol. The fraction of sp³-hybridized carbons (Fsp3) is 0.389. The lowest BCUT2D eigenvalue weighted by Crippen LogP contribution is -2.37. The van der Waals surface area contributed by atoms with Crippen LogP contribution in [-0.4, -0.2) is 85.9 Å². The van der Waals surface area contributed by atoms with Crippen molar-refractivity contribution in [3.8, 4) is 28.5 Å². The predicted molar refractivity (Wildman–Crippen MR) is 179 cm³/mol. The topological polar surface area (TPSA) is 98.6 Å². The average molecular weight is 643 g/mol. The lowest BCUT2D eigenvalue weighted by atomic mass is 10.0. The first kappa shape index (κ1) is 32.5. The van der Waals surface area contributed by atoms with E-state index in [1.165, 1.54) is 0 Å². The molecule has 1 aliphatic rings. The number of morpholine rings is 1. The van der Waals surface area contributed by atoms with Crippen LogP contribution in [0.5, 0.6) is 17.2 Å². The van der Waals surface area contributed by atoms with Gasteiger partial charge in [0.2, 0.25) is 0 Å². The highest BCUT2D eigenvalue weighted by molar-refractivity contribution is 6.03. The van der Waals surface area contributed by atoms with Crippen molar-refractivity contribution < 1.29 is 33.3 Å². The summed E-state index contributed by atoms with van der Waals surface area (Å²) < 4.78 is 36.7. The van der Waals surface area contributed by atoms with Gasteiger partial charge >= 0.3 is 6.48 Å². The lowest BCUT2D eigenvalue weighted by Gasteiger charge is -2.26. The monoisotopic (exact) mass is 642 g/mol. The molecule has 1 saturated heterocycles. The molecule has 47 heavy (non-hydrogen) atoms. The summed E-state index contributed by atoms with van der Waals surface area (Å²) >= 11 is 0. The van der Waals surface area contributed by atoms with Gasteiger partial charge in [-0.3, -0.25) is 4.90 Å². The minimum atomic E-state index is -0.882. The third-order valence-corrected chi connectivity index (χ3v) is 7.95. The van der Waals surface area contributed by atoms with Crippen molar-refractivity contribution in [1.82, 2.24) is 19.6 Å². The molecule has 3 heterocycles. The highest BCUT2D eigenvalue weighted by atomic mass is 16.9. The second-order valence-electron chi connectivity index (χ2n) is 11.0. The molecule has 0 atom stereocenters. The summed E-state index contributed by atoms with van der Waals surface area (Å²) in [6, 6.07) is 19.8. The van der Waals surface area contributed by atoms with E-state index in [1.54, 1.807) is 18.2 Å². The third kappa shape index (κ3) is 7.94. The van der Waals surface area contributed by atoms with E-state index in [-0.39, 0.29) is 0 Å². The second kappa shape index (κ2) is 15.9. The second-order valence-corrected chi connectivity index (χ2v) is 11.0. The number of nitrogens with zero attached hydrogens (tertiary/aromatic N) is 4. The molecule has 3 aromatic carbocycles. The Kier molecular flexibility index (Phi) is 11.0. The Balaban J connectivity index is 1.33. The van der Waals surface area contributed by atoms with Gasteiger partial charge in [-0.1, -0.05) is 30.3 Å². The van der Waals surface area contributed by atoms with Crippen LogP contribution in [0.15, 0.2) is 73.2 Å². The Morgan fingerprint density at radius 3 is 2.45 bits per heavy atom. The van der Waals surface area contributed by atoms with Crippen molar-refractivity contribution in [3.63, 3.8) is 0 Å². The first-order valence-corrected chi connectivity index (χ1v) is 16.1. The van der Waals surface area contributed by atoms with Crippen molar-refractivity contribution in [1.29, 1.82) is 0 Å². The molecule has 0 radical (unpaired) electrons. The summed E-state index contributed by atoms with van der Waals surface area (Å²) in [6.07, 6.45) is 4.35. The SMILES string of the molecule is CCOC(OCC)On1cc(-c2ncnc3cc(OCCCN4CCOCC4)c(OC)cc23)c2cc(OCc3ccccc3)ccc21. The van der Waals surface area contributed by atoms with Gasteiger partial charge < -0.3 is 33.3 Å². The fourth-order valence-electron chi connectivity index (χ4n) is 5.61. The summed E-state index contributed by atoms with van der Waals surface area (Å²) in [4.78, 5) is 17.9. The van der Waals surface area contributed by atoms with Crippen LogP contribution in [-0.2, 0) is 20.8 Å². The van der Waals surface area contributed by atoms with Crippen molar-refractivity contribution in [2.75, 3.05) is 59.8 Å². The van der Waals surface area contributed by atoms with Crippen LogP contribution in [0.25, 0.3) is 33.1 Å². The normalized spacial score (nSPS) is 13.8. The molecule has 2 aromatic heterocycles. The van der Waals surface area contributed by atoms with Crippen molar-refractivity contribution in [2.24, 2.45) is 0 Å². The standard InChI is InChI=1S/C36H42N4O7/c1-4-43-36(44-5-2)47-40-23-30(28-20-27(12-13-32(28)40)46-24-26-10-7-6-8-11-26)35-29-21-33(41-3)34(22-31(29)37-25-38-35)45-17-9-14-39-15-18-42-19-16-39/h6-8,10-13,20-23,25,36H,4-5,9,14-19,24H2,1-3H3. The average Bonchev–Trinajstić information content (AvgIpc) is 3.46. The Morgan fingerprint density at radius 1 is 0.872 bits per heavy atom. The molecule has 11 nitrogen and oxygen atoms in total. The molecule has 0 N–H and O–H groups in total. The highest BCUT2D eigenvalue weighted by Crippen LogP contribution is 2.39. The van der Waals surface area contributed by atoms with Crippen LogP contribution in [0, 0.1) is 0 Å². The van der Waals surface area contributed by atoms with Crippen LogP contribution in [0.1, 0.15) is 25.8 Å². The van der Waals surface area contributed by atoms with Crippen LogP contribution in [0.2, 0.25) is 0 Å². The summed E-state index contributed by atoms with van der Waals surface area (Å²) in [5.41, 5.74) is 4.15. The van der Waals surface area contributed by atoms with Gasteiger partial charge in [-0.25, -0.2) is 9.97 Å². The first-order valence-electron chi connectivity index (χ1n) is 16.1. The molecule has 0 bridgehead atoms. The number of benzene rings is 3. The molecule has 5 aromatic rings. The van der Waals surface area contributed by atoms with Gasteiger partial charge in [-0.2, -0.15) is 4.73 Å². The molecule has 0 unspecified atom stereocenters. The zero-order valence-corrected chi connectivity index (χ0v) is 27.2. The van der Waals surface area contributed by atoms with E-state index in [0.717, 1.165) is 78.0 Å². The largest absolute Gasteiger partial charge is 0.493 e. The molecule has 0 saturated carbocycles. The molecular formula is C36H42N4O7. The maximum absolute atomic E-state index is 6.21. The Hall–Kier alpha value is -4.42. The summed E-state index contributed by atoms with van der Waals surface area (Å²) in [6.45, 7) is 9.23. The van der Waals surface area contributed by atoms with Crippen LogP contribution >= 0.6 is 0 Å². The number of hydrogen-bond donors (Lipinski definition) is 0. The van der Waals surface area contributed by atoms with Gasteiger partial charge in [0.25, 0.3) is 0 Å². The molecule has 1 fully saturated rings. The van der Waals surface area contributed by atoms with Crippen LogP contribution < -0.4 is 19.0 Å². The van der Waals surface area contributed by atoms with Crippen LogP contribution in [0.4, 0.5) is 0 Å². The Morgan fingerprint density at radius 2 is 1.68 bits per heavy atom. The number of aromatic nitrogens is 3. The summed E-state index contributed by atoms with van der Waals surface area (Å²) in [5, 5.41) is 1.69. The molecule has 0 spiro atoms. The van der Waals surface area contributed by atoms with E-state index < -0.39 is 6.48 Å². The number of fused-ring (bicyclic) bond motifs is 2. The summed E-state index contributed by atoms with van der Waals surface area (Å²) in [7, 11) is 1.64. The minimum Gasteiger partial charge on any atom is -0.493 e. The lowest BCUT2D eigenvalue weighted by molar-refractivity contribution is -0.282. The highest BCUT2D eigenvalue weighted by Gasteiger charge is 2.21. The van der Waals surface area contributed by atoms with E-state index in [9.17, 15) is 0 Å². The molecule has 248 valence electrons. The van der Waals surface area contributed by atoms with Crippen molar-refractivity contribution in [2.45, 2.75) is 33.4 Å². The van der Waals surface area contributed by atoms with Gasteiger partial charge in [0.1, 0.15) is 18.7 Å². The zero-order valence-electron chi connectivity index (χ0n) is 27.2. The zero-order chi connectivity index (χ0) is 32.4. The molecule has 1 aliphatic heterocycles. The number of hydrogen-bond acceptors (Lipinski definition) is 10. The molecule has 0 aliphatic carbocycles. The van der Waals surface area contributed by atoms with Crippen molar-refractivity contribution >= 4 is 21.8 Å². The van der Waals surface area contributed by atoms with Gasteiger partial charge in [0.15, 0.2) is 11.5 Å². The number of methoxy groups -OCH3 is 1. The molecule has 0 amide bonds. The third-order valence-electron chi connectivity index (χ3n) is 7.95. The van der Waals surface area contributed by atoms with Gasteiger partial charge in [0, 0.05) is 42.0 Å². The quantitative estimate of drug-likeness (QED) is 0.0981. The van der Waals surface area contributed by atoms with E-state index in [4.69, 9.17) is 38.2 Å². The number of ether oxygens (including phenoxy) is 6. The van der Waals surface area contributed by atoms with Crippen molar-refractivity contribution in [3.05, 3.63) is 78.8 Å². The van der Waals surface area contributed by atoms with E-state index in [1.807, 2.05) is 80.7 Å². The number of rotatable bonds is 16. The fourth-order valence-corrected chi connectivity index (χ4v) is 5.61. The van der Waals surface area contributed by atoms with Gasteiger partial charge in [0.05, 0.1) is 63.1 Å². The maximum atomic E-state index is 6.21. The Labute approximate surface area is 274 Å². The Bertz CT molecular complexity index is 1730. The minimum absolute atomic E-state index is 0.433. The maximum Gasteiger partial charge on any atom is 0.337 e.